The van der Waals surface area contributed by atoms with Gasteiger partial charge in [0.15, 0.2) is 0 Å². The van der Waals surface area contributed by atoms with Crippen LogP contribution >= 0.6 is 23.2 Å². The molecule has 0 unspecified atom stereocenters. The van der Waals surface area contributed by atoms with Gasteiger partial charge < -0.3 is 21.7 Å². The number of nitrogens with two attached hydrogens (primary N) is 2. The minimum Gasteiger partial charge on any atom is -0.493 e. The van der Waals surface area contributed by atoms with Crippen molar-refractivity contribution in [2.24, 2.45) is 0 Å². The smallest absolute Gasteiger partial charge is 0.276 e. The minimum atomic E-state index is -0.539. The van der Waals surface area contributed by atoms with Crippen LogP contribution < -0.4 is 17.0 Å². The van der Waals surface area contributed by atoms with Crippen LogP contribution in [0.5, 0.6) is 5.88 Å². The van der Waals surface area contributed by atoms with Crippen LogP contribution in [0.25, 0.3) is 0 Å². The number of aliphatic hydroxyl groups is 1. The minimum absolute atomic E-state index is 0.00459. The highest BCUT2D eigenvalue weighted by atomic mass is 35.5. The van der Waals surface area contributed by atoms with Crippen molar-refractivity contribution in [3.63, 3.8) is 0 Å². The molecule has 0 aliphatic carbocycles. The molecule has 0 radical (unpaired) electrons. The van der Waals surface area contributed by atoms with E-state index in [2.05, 4.69) is 0 Å². The Balaban J connectivity index is 0.000000293. The molecular formula is C16H18Cl2N4O3. The number of halogens is 2. The zero-order valence-corrected chi connectivity index (χ0v) is 15.0. The van der Waals surface area contributed by atoms with Crippen molar-refractivity contribution in [1.82, 2.24) is 4.57 Å². The highest BCUT2D eigenvalue weighted by Gasteiger charge is 2.16. The third-order valence-corrected chi connectivity index (χ3v) is 4.07. The summed E-state index contributed by atoms with van der Waals surface area (Å²) in [5.74, 6) is -0.396. The maximum absolute atomic E-state index is 11.7. The van der Waals surface area contributed by atoms with Gasteiger partial charge in [-0.15, -0.1) is 0 Å². The quantitative estimate of drug-likeness (QED) is 0.598. The Hall–Kier alpha value is -2.40. The molecule has 0 spiro atoms. The van der Waals surface area contributed by atoms with Crippen molar-refractivity contribution in [1.29, 1.82) is 5.26 Å². The number of hydrogen-bond donors (Lipinski definition) is 4. The molecule has 1 heterocycles. The van der Waals surface area contributed by atoms with Gasteiger partial charge in [-0.25, -0.2) is 0 Å². The van der Waals surface area contributed by atoms with Crippen molar-refractivity contribution >= 4 is 34.6 Å². The molecule has 0 amide bonds. The predicted octanol–water partition coefficient (Wildman–Crippen LogP) is 2.27. The molecule has 0 saturated heterocycles. The standard InChI is InChI=1S/C10H13N3O3.C6H5Cl2N/c1-6-7(5-11)9(15)13(3-2-4-14)10(16)8(6)12;7-5-2-1-4(9)3-6(5)8/h14-15H,2-4,12H2,1H3;1-3H,9H2. The molecule has 25 heavy (non-hydrogen) atoms. The lowest BCUT2D eigenvalue weighted by molar-refractivity contribution is 0.274. The largest absolute Gasteiger partial charge is 0.493 e. The summed E-state index contributed by atoms with van der Waals surface area (Å²) in [6.45, 7) is 1.52. The summed E-state index contributed by atoms with van der Waals surface area (Å²) in [7, 11) is 0. The Bertz CT molecular complexity index is 860. The monoisotopic (exact) mass is 384 g/mol. The van der Waals surface area contributed by atoms with Gasteiger partial charge in [-0.1, -0.05) is 23.2 Å². The highest BCUT2D eigenvalue weighted by Crippen LogP contribution is 2.23. The van der Waals surface area contributed by atoms with Crippen LogP contribution in [-0.4, -0.2) is 21.4 Å². The molecule has 2 aromatic rings. The van der Waals surface area contributed by atoms with Gasteiger partial charge in [0.25, 0.3) is 5.56 Å². The first kappa shape index (κ1) is 20.6. The number of aromatic nitrogens is 1. The van der Waals surface area contributed by atoms with E-state index in [1.54, 1.807) is 24.3 Å². The van der Waals surface area contributed by atoms with Crippen molar-refractivity contribution in [3.05, 3.63) is 49.7 Å². The number of nitrogens with zero attached hydrogens (tertiary/aromatic N) is 2. The fraction of sp³-hybridized carbons (Fsp3) is 0.250. The van der Waals surface area contributed by atoms with Crippen LogP contribution in [0.15, 0.2) is 23.0 Å². The predicted molar refractivity (Wildman–Crippen MR) is 98.8 cm³/mol. The zero-order chi connectivity index (χ0) is 19.1. The van der Waals surface area contributed by atoms with Crippen molar-refractivity contribution in [2.75, 3.05) is 18.1 Å². The molecule has 9 heteroatoms. The van der Waals surface area contributed by atoms with Crippen LogP contribution in [-0.2, 0) is 6.54 Å². The number of benzene rings is 1. The lowest BCUT2D eigenvalue weighted by Gasteiger charge is -2.12. The number of nitriles is 1. The third-order valence-electron chi connectivity index (χ3n) is 3.33. The van der Waals surface area contributed by atoms with E-state index in [0.29, 0.717) is 22.2 Å². The van der Waals surface area contributed by atoms with Gasteiger partial charge in [0.2, 0.25) is 5.88 Å². The van der Waals surface area contributed by atoms with Crippen molar-refractivity contribution in [2.45, 2.75) is 19.9 Å². The molecule has 1 aromatic carbocycles. The van der Waals surface area contributed by atoms with Gasteiger partial charge in [-0.3, -0.25) is 9.36 Å². The van der Waals surface area contributed by atoms with E-state index in [9.17, 15) is 9.90 Å². The molecule has 0 fully saturated rings. The molecule has 7 nitrogen and oxygen atoms in total. The third kappa shape index (κ3) is 5.03. The number of aliphatic hydroxyl groups excluding tert-OH is 1. The molecule has 1 aromatic heterocycles. The summed E-state index contributed by atoms with van der Waals surface area (Å²) in [4.78, 5) is 11.7. The normalized spacial score (nSPS) is 9.88. The molecule has 0 aliphatic heterocycles. The topological polar surface area (TPSA) is 138 Å². The van der Waals surface area contributed by atoms with Gasteiger partial charge in [-0.2, -0.15) is 5.26 Å². The zero-order valence-electron chi connectivity index (χ0n) is 13.5. The average molecular weight is 385 g/mol. The van der Waals surface area contributed by atoms with Gasteiger partial charge in [0.1, 0.15) is 17.3 Å². The molecule has 0 aliphatic rings. The lowest BCUT2D eigenvalue weighted by Crippen LogP contribution is -2.25. The second-order valence-electron chi connectivity index (χ2n) is 5.06. The number of rotatable bonds is 3. The first-order valence-electron chi connectivity index (χ1n) is 7.17. The van der Waals surface area contributed by atoms with E-state index < -0.39 is 11.4 Å². The Kier molecular flexibility index (Phi) is 7.58. The number of aromatic hydroxyl groups is 1. The van der Waals surface area contributed by atoms with Gasteiger partial charge in [0.05, 0.1) is 10.0 Å². The summed E-state index contributed by atoms with van der Waals surface area (Å²) < 4.78 is 0.997. The maximum Gasteiger partial charge on any atom is 0.276 e. The van der Waals surface area contributed by atoms with E-state index >= 15 is 0 Å². The van der Waals surface area contributed by atoms with E-state index in [1.807, 2.05) is 0 Å². The van der Waals surface area contributed by atoms with E-state index in [-0.39, 0.29) is 30.0 Å². The number of anilines is 2. The fourth-order valence-corrected chi connectivity index (χ4v) is 2.23. The van der Waals surface area contributed by atoms with E-state index in [1.165, 1.54) is 6.92 Å². The molecular weight excluding hydrogens is 367 g/mol. The van der Waals surface area contributed by atoms with Gasteiger partial charge >= 0.3 is 0 Å². The van der Waals surface area contributed by atoms with Crippen LogP contribution in [0.2, 0.25) is 10.0 Å². The molecule has 0 saturated carbocycles. The molecule has 134 valence electrons. The summed E-state index contributed by atoms with van der Waals surface area (Å²) in [6, 6.07) is 6.78. The van der Waals surface area contributed by atoms with Crippen LogP contribution in [0.1, 0.15) is 17.5 Å². The molecule has 2 rings (SSSR count). The maximum atomic E-state index is 11.7. The van der Waals surface area contributed by atoms with Crippen molar-refractivity contribution < 1.29 is 10.2 Å². The first-order chi connectivity index (χ1) is 11.7. The summed E-state index contributed by atoms with van der Waals surface area (Å²) in [6.07, 6.45) is 0.306. The Morgan fingerprint density at radius 1 is 1.28 bits per heavy atom. The van der Waals surface area contributed by atoms with Gasteiger partial charge in [0, 0.05) is 24.4 Å². The van der Waals surface area contributed by atoms with Gasteiger partial charge in [-0.05, 0) is 31.5 Å². The summed E-state index contributed by atoms with van der Waals surface area (Å²) >= 11 is 11.2. The summed E-state index contributed by atoms with van der Waals surface area (Å²) in [5, 5.41) is 28.2. The second kappa shape index (κ2) is 9.18. The summed E-state index contributed by atoms with van der Waals surface area (Å²) in [5.41, 5.74) is 11.2. The molecule has 0 atom stereocenters. The van der Waals surface area contributed by atoms with Crippen molar-refractivity contribution in [3.8, 4) is 11.9 Å². The van der Waals surface area contributed by atoms with E-state index in [4.69, 9.17) is 45.0 Å². The first-order valence-corrected chi connectivity index (χ1v) is 7.93. The number of nitrogen functional groups attached to an aromatic ring is 2. The lowest BCUT2D eigenvalue weighted by atomic mass is 10.1. The average Bonchev–Trinajstić information content (AvgIpc) is 2.58. The van der Waals surface area contributed by atoms with Crippen LogP contribution in [0, 0.1) is 18.3 Å². The Morgan fingerprint density at radius 2 is 1.92 bits per heavy atom. The Labute approximate surface area is 154 Å². The fourth-order valence-electron chi connectivity index (χ4n) is 1.92. The Morgan fingerprint density at radius 3 is 2.40 bits per heavy atom. The molecule has 6 N–H and O–H groups in total. The van der Waals surface area contributed by atoms with Crippen LogP contribution in [0.3, 0.4) is 0 Å². The molecule has 0 bridgehead atoms. The number of hydrogen-bond acceptors (Lipinski definition) is 6. The van der Waals surface area contributed by atoms with Crippen LogP contribution in [0.4, 0.5) is 11.4 Å². The second-order valence-corrected chi connectivity index (χ2v) is 5.87. The SMILES string of the molecule is Cc1c(C#N)c(O)n(CCCO)c(=O)c1N.Nc1ccc(Cl)c(Cl)c1. The highest BCUT2D eigenvalue weighted by molar-refractivity contribution is 6.42. The van der Waals surface area contributed by atoms with E-state index in [0.717, 1.165) is 4.57 Å². The number of pyridine rings is 1.